The van der Waals surface area contributed by atoms with Crippen LogP contribution in [0.4, 0.5) is 27.5 Å². The molecule has 4 rings (SSSR count). The Morgan fingerprint density at radius 1 is 0.960 bits per heavy atom. The molecule has 6 heteroatoms. The summed E-state index contributed by atoms with van der Waals surface area (Å²) in [4.78, 5) is 9.12. The summed E-state index contributed by atoms with van der Waals surface area (Å²) in [5.41, 5.74) is 3.37. The van der Waals surface area contributed by atoms with E-state index in [1.54, 1.807) is 17.4 Å². The van der Waals surface area contributed by atoms with E-state index in [4.69, 9.17) is 0 Å². The summed E-state index contributed by atoms with van der Waals surface area (Å²) in [5.74, 6) is 0.855. The number of hydrogen-bond donors (Lipinski definition) is 2. The Kier molecular flexibility index (Phi) is 4.03. The first kappa shape index (κ1) is 15.5. The number of fused-ring (bicyclic) bond motifs is 1. The van der Waals surface area contributed by atoms with Gasteiger partial charge < -0.3 is 10.6 Å². The molecule has 0 atom stereocenters. The molecule has 25 heavy (non-hydrogen) atoms. The normalized spacial score (nSPS) is 10.8. The van der Waals surface area contributed by atoms with Gasteiger partial charge >= 0.3 is 0 Å². The van der Waals surface area contributed by atoms with E-state index in [9.17, 15) is 4.39 Å². The predicted molar refractivity (Wildman–Crippen MR) is 102 cm³/mol. The molecule has 0 aliphatic heterocycles. The zero-order chi connectivity index (χ0) is 17.2. The van der Waals surface area contributed by atoms with E-state index in [2.05, 4.69) is 20.6 Å². The van der Waals surface area contributed by atoms with Gasteiger partial charge in [0, 0.05) is 11.4 Å². The second-order valence-electron chi connectivity index (χ2n) is 5.61. The SMILES string of the molecule is Cc1ccc(F)cc1Nc1nc(Nc2ccccc2)c2sccc2n1. The van der Waals surface area contributed by atoms with Crippen LogP contribution in [0.5, 0.6) is 0 Å². The minimum absolute atomic E-state index is 0.299. The minimum Gasteiger partial charge on any atom is -0.339 e. The fraction of sp³-hybridized carbons (Fsp3) is 0.0526. The van der Waals surface area contributed by atoms with Crippen molar-refractivity contribution in [2.75, 3.05) is 10.6 Å². The summed E-state index contributed by atoms with van der Waals surface area (Å²) in [6.07, 6.45) is 0. The van der Waals surface area contributed by atoms with Crippen LogP contribution in [0.1, 0.15) is 5.56 Å². The molecule has 0 aliphatic rings. The summed E-state index contributed by atoms with van der Waals surface area (Å²) in [5, 5.41) is 8.43. The molecule has 0 aliphatic carbocycles. The number of benzene rings is 2. The number of thiophene rings is 1. The first-order chi connectivity index (χ1) is 12.2. The number of aromatic nitrogens is 2. The molecule has 0 spiro atoms. The first-order valence-corrected chi connectivity index (χ1v) is 8.67. The van der Waals surface area contributed by atoms with Gasteiger partial charge in [-0.15, -0.1) is 11.3 Å². The van der Waals surface area contributed by atoms with Crippen LogP contribution in [0.25, 0.3) is 10.2 Å². The molecule has 2 aromatic carbocycles. The number of para-hydroxylation sites is 1. The molecule has 0 bridgehead atoms. The number of halogens is 1. The van der Waals surface area contributed by atoms with Gasteiger partial charge in [-0.25, -0.2) is 9.37 Å². The molecule has 0 amide bonds. The molecule has 0 radical (unpaired) electrons. The highest BCUT2D eigenvalue weighted by atomic mass is 32.1. The summed E-state index contributed by atoms with van der Waals surface area (Å²) in [6.45, 7) is 1.91. The summed E-state index contributed by atoms with van der Waals surface area (Å²) >= 11 is 1.58. The lowest BCUT2D eigenvalue weighted by atomic mass is 10.2. The van der Waals surface area contributed by atoms with Crippen LogP contribution in [0.15, 0.2) is 60.0 Å². The molecule has 0 fully saturated rings. The highest BCUT2D eigenvalue weighted by Gasteiger charge is 2.11. The van der Waals surface area contributed by atoms with Crippen LogP contribution in [0.3, 0.4) is 0 Å². The number of anilines is 4. The van der Waals surface area contributed by atoms with Crippen LogP contribution in [-0.2, 0) is 0 Å². The van der Waals surface area contributed by atoms with Crippen LogP contribution in [0.2, 0.25) is 0 Å². The smallest absolute Gasteiger partial charge is 0.229 e. The fourth-order valence-corrected chi connectivity index (χ4v) is 3.29. The number of hydrogen-bond acceptors (Lipinski definition) is 5. The van der Waals surface area contributed by atoms with Crippen LogP contribution in [-0.4, -0.2) is 9.97 Å². The van der Waals surface area contributed by atoms with Gasteiger partial charge in [0.2, 0.25) is 5.95 Å². The van der Waals surface area contributed by atoms with E-state index in [0.29, 0.717) is 11.6 Å². The average Bonchev–Trinajstić information content (AvgIpc) is 3.08. The van der Waals surface area contributed by atoms with Crippen molar-refractivity contribution in [1.29, 1.82) is 0 Å². The zero-order valence-corrected chi connectivity index (χ0v) is 14.3. The molecular formula is C19H15FN4S. The summed E-state index contributed by atoms with van der Waals surface area (Å²) < 4.78 is 14.5. The van der Waals surface area contributed by atoms with Crippen molar-refractivity contribution in [3.05, 3.63) is 71.4 Å². The van der Waals surface area contributed by atoms with Crippen LogP contribution >= 0.6 is 11.3 Å². The van der Waals surface area contributed by atoms with Gasteiger partial charge in [-0.2, -0.15) is 4.98 Å². The third-order valence-corrected chi connectivity index (χ3v) is 4.70. The van der Waals surface area contributed by atoms with Crippen molar-refractivity contribution < 1.29 is 4.39 Å². The monoisotopic (exact) mass is 350 g/mol. The van der Waals surface area contributed by atoms with E-state index in [-0.39, 0.29) is 5.82 Å². The second kappa shape index (κ2) is 6.49. The number of rotatable bonds is 4. The van der Waals surface area contributed by atoms with Crippen molar-refractivity contribution in [1.82, 2.24) is 9.97 Å². The van der Waals surface area contributed by atoms with Crippen molar-refractivity contribution in [3.8, 4) is 0 Å². The molecule has 0 saturated carbocycles. The number of nitrogens with one attached hydrogen (secondary N) is 2. The van der Waals surface area contributed by atoms with Crippen LogP contribution in [0, 0.1) is 12.7 Å². The lowest BCUT2D eigenvalue weighted by Crippen LogP contribution is -2.02. The Morgan fingerprint density at radius 2 is 1.80 bits per heavy atom. The minimum atomic E-state index is -0.299. The second-order valence-corrected chi connectivity index (χ2v) is 6.52. The maximum atomic E-state index is 13.5. The quantitative estimate of drug-likeness (QED) is 0.501. The number of aryl methyl sites for hydroxylation is 1. The highest BCUT2D eigenvalue weighted by molar-refractivity contribution is 7.17. The third-order valence-electron chi connectivity index (χ3n) is 3.79. The van der Waals surface area contributed by atoms with Crippen molar-refractivity contribution in [2.24, 2.45) is 0 Å². The third kappa shape index (κ3) is 3.29. The van der Waals surface area contributed by atoms with Crippen molar-refractivity contribution >= 4 is 44.7 Å². The first-order valence-electron chi connectivity index (χ1n) is 7.79. The van der Waals surface area contributed by atoms with Gasteiger partial charge in [0.15, 0.2) is 5.82 Å². The maximum Gasteiger partial charge on any atom is 0.229 e. The Morgan fingerprint density at radius 3 is 2.64 bits per heavy atom. The van der Waals surface area contributed by atoms with E-state index >= 15 is 0 Å². The molecule has 4 nitrogen and oxygen atoms in total. The Balaban J connectivity index is 1.74. The molecular weight excluding hydrogens is 335 g/mol. The highest BCUT2D eigenvalue weighted by Crippen LogP contribution is 2.30. The molecule has 0 saturated heterocycles. The molecule has 2 heterocycles. The molecule has 2 aromatic heterocycles. The maximum absolute atomic E-state index is 13.5. The summed E-state index contributed by atoms with van der Waals surface area (Å²) in [6, 6.07) is 16.4. The molecule has 124 valence electrons. The Hall–Kier alpha value is -2.99. The van der Waals surface area contributed by atoms with E-state index in [1.165, 1.54) is 12.1 Å². The lowest BCUT2D eigenvalue weighted by molar-refractivity contribution is 0.628. The average molecular weight is 350 g/mol. The number of nitrogens with zero attached hydrogens (tertiary/aromatic N) is 2. The van der Waals surface area contributed by atoms with E-state index in [1.807, 2.05) is 48.7 Å². The zero-order valence-electron chi connectivity index (χ0n) is 13.5. The predicted octanol–water partition coefficient (Wildman–Crippen LogP) is 5.63. The molecule has 2 N–H and O–H groups in total. The van der Waals surface area contributed by atoms with E-state index in [0.717, 1.165) is 27.3 Å². The molecule has 4 aromatic rings. The standard InChI is InChI=1S/C19H15FN4S/c1-12-7-8-13(20)11-16(12)23-19-22-15-9-10-25-17(15)18(24-19)21-14-5-3-2-4-6-14/h2-11H,1H3,(H2,21,22,23,24). The van der Waals surface area contributed by atoms with Crippen LogP contribution < -0.4 is 10.6 Å². The van der Waals surface area contributed by atoms with Gasteiger partial charge in [0.25, 0.3) is 0 Å². The Bertz CT molecular complexity index is 1030. The largest absolute Gasteiger partial charge is 0.339 e. The van der Waals surface area contributed by atoms with Gasteiger partial charge in [-0.3, -0.25) is 0 Å². The van der Waals surface area contributed by atoms with Gasteiger partial charge in [0.05, 0.1) is 10.2 Å². The topological polar surface area (TPSA) is 49.8 Å². The molecule has 0 unspecified atom stereocenters. The van der Waals surface area contributed by atoms with Crippen molar-refractivity contribution in [3.63, 3.8) is 0 Å². The summed E-state index contributed by atoms with van der Waals surface area (Å²) in [7, 11) is 0. The van der Waals surface area contributed by atoms with Gasteiger partial charge in [0.1, 0.15) is 5.82 Å². The van der Waals surface area contributed by atoms with Gasteiger partial charge in [-0.05, 0) is 48.2 Å². The van der Waals surface area contributed by atoms with E-state index < -0.39 is 0 Å². The Labute approximate surface area is 148 Å². The van der Waals surface area contributed by atoms with Crippen molar-refractivity contribution in [2.45, 2.75) is 6.92 Å². The van der Waals surface area contributed by atoms with Gasteiger partial charge in [-0.1, -0.05) is 24.3 Å². The fourth-order valence-electron chi connectivity index (χ4n) is 2.51. The lowest BCUT2D eigenvalue weighted by Gasteiger charge is -2.11.